The number of hydrogen-bond acceptors (Lipinski definition) is 1. The van der Waals surface area contributed by atoms with Gasteiger partial charge >= 0.3 is 0 Å². The molecule has 0 heterocycles. The highest BCUT2D eigenvalue weighted by atomic mass is 16.5. The molecule has 1 rings (SSSR count). The fourth-order valence-corrected chi connectivity index (χ4v) is 2.35. The molecule has 1 aromatic rings. The van der Waals surface area contributed by atoms with Crippen molar-refractivity contribution < 1.29 is 4.74 Å². The smallest absolute Gasteiger partial charge is 0.122 e. The van der Waals surface area contributed by atoms with Gasteiger partial charge in [0.25, 0.3) is 0 Å². The van der Waals surface area contributed by atoms with Gasteiger partial charge in [0, 0.05) is 0 Å². The van der Waals surface area contributed by atoms with Crippen molar-refractivity contribution in [1.29, 1.82) is 0 Å². The van der Waals surface area contributed by atoms with Gasteiger partial charge in [-0.3, -0.25) is 0 Å². The van der Waals surface area contributed by atoms with Crippen molar-refractivity contribution in [1.82, 2.24) is 0 Å². The Morgan fingerprint density at radius 2 is 2.00 bits per heavy atom. The molecule has 0 aliphatic heterocycles. The number of methoxy groups -OCH3 is 1. The second kappa shape index (κ2) is 7.97. The van der Waals surface area contributed by atoms with Crippen LogP contribution in [0, 0.1) is 6.92 Å². The molecule has 0 spiro atoms. The lowest BCUT2D eigenvalue weighted by molar-refractivity contribution is 0.403. The van der Waals surface area contributed by atoms with Crippen LogP contribution < -0.4 is 4.74 Å². The lowest BCUT2D eigenvalue weighted by Crippen LogP contribution is -2.01. The van der Waals surface area contributed by atoms with Crippen molar-refractivity contribution >= 4 is 0 Å². The molecular formula is C17H26O. The third kappa shape index (κ3) is 4.21. The molecule has 0 aromatic heterocycles. The standard InChI is InChI=1S/C17H26O/c1-5-7-8-10-15(9-6-2)16-13-14(3)11-12-17(16)18-4/h7-8,11-13,15H,5-6,9-10H2,1-4H3/b8-7-. The molecule has 1 nitrogen and oxygen atoms in total. The third-order valence-corrected chi connectivity index (χ3v) is 3.29. The molecule has 0 saturated heterocycles. The number of hydrogen-bond donors (Lipinski definition) is 0. The Morgan fingerprint density at radius 1 is 1.22 bits per heavy atom. The minimum atomic E-state index is 0.577. The first-order chi connectivity index (χ1) is 8.72. The number of rotatable bonds is 7. The molecule has 1 atom stereocenters. The van der Waals surface area contributed by atoms with Gasteiger partial charge in [0.15, 0.2) is 0 Å². The van der Waals surface area contributed by atoms with E-state index >= 15 is 0 Å². The molecule has 100 valence electrons. The van der Waals surface area contributed by atoms with Crippen LogP contribution in [0.1, 0.15) is 56.6 Å². The molecule has 0 radical (unpaired) electrons. The lowest BCUT2D eigenvalue weighted by Gasteiger charge is -2.18. The van der Waals surface area contributed by atoms with E-state index in [0.29, 0.717) is 5.92 Å². The van der Waals surface area contributed by atoms with Crippen molar-refractivity contribution in [2.24, 2.45) is 0 Å². The van der Waals surface area contributed by atoms with E-state index in [0.717, 1.165) is 18.6 Å². The average molecular weight is 246 g/mol. The molecule has 0 fully saturated rings. The van der Waals surface area contributed by atoms with Crippen LogP contribution in [0.4, 0.5) is 0 Å². The fourth-order valence-electron chi connectivity index (χ4n) is 2.35. The fraction of sp³-hybridized carbons (Fsp3) is 0.529. The summed E-state index contributed by atoms with van der Waals surface area (Å²) in [6, 6.07) is 6.49. The molecule has 18 heavy (non-hydrogen) atoms. The first-order valence-corrected chi connectivity index (χ1v) is 7.02. The SMILES string of the molecule is CC/C=C\CC(CCC)c1cc(C)ccc1OC. The zero-order chi connectivity index (χ0) is 13.4. The monoisotopic (exact) mass is 246 g/mol. The number of aryl methyl sites for hydroxylation is 1. The third-order valence-electron chi connectivity index (χ3n) is 3.29. The van der Waals surface area contributed by atoms with Gasteiger partial charge in [0.1, 0.15) is 5.75 Å². The molecule has 1 heteroatoms. The van der Waals surface area contributed by atoms with Crippen LogP contribution in [0.2, 0.25) is 0 Å². The maximum Gasteiger partial charge on any atom is 0.122 e. The van der Waals surface area contributed by atoms with E-state index in [4.69, 9.17) is 4.74 Å². The van der Waals surface area contributed by atoms with Crippen molar-refractivity contribution in [2.75, 3.05) is 7.11 Å². The van der Waals surface area contributed by atoms with Gasteiger partial charge in [-0.2, -0.15) is 0 Å². The minimum Gasteiger partial charge on any atom is -0.496 e. The van der Waals surface area contributed by atoms with Crippen LogP contribution in [0.25, 0.3) is 0 Å². The van der Waals surface area contributed by atoms with Crippen LogP contribution in [-0.2, 0) is 0 Å². The highest BCUT2D eigenvalue weighted by molar-refractivity contribution is 5.39. The van der Waals surface area contributed by atoms with Gasteiger partial charge < -0.3 is 4.74 Å². The second-order valence-electron chi connectivity index (χ2n) is 4.85. The quantitative estimate of drug-likeness (QED) is 0.597. The molecule has 0 N–H and O–H groups in total. The topological polar surface area (TPSA) is 9.23 Å². The van der Waals surface area contributed by atoms with Crippen molar-refractivity contribution in [3.63, 3.8) is 0 Å². The number of benzene rings is 1. The Hall–Kier alpha value is -1.24. The van der Waals surface area contributed by atoms with E-state index in [1.165, 1.54) is 24.0 Å². The molecule has 0 aliphatic carbocycles. The highest BCUT2D eigenvalue weighted by Gasteiger charge is 2.14. The Bertz CT molecular complexity index is 379. The highest BCUT2D eigenvalue weighted by Crippen LogP contribution is 2.33. The Kier molecular flexibility index (Phi) is 6.56. The minimum absolute atomic E-state index is 0.577. The van der Waals surface area contributed by atoms with Gasteiger partial charge in [-0.25, -0.2) is 0 Å². The first kappa shape index (κ1) is 14.8. The zero-order valence-electron chi connectivity index (χ0n) is 12.2. The summed E-state index contributed by atoms with van der Waals surface area (Å²) in [5, 5.41) is 0. The van der Waals surface area contributed by atoms with E-state index in [1.54, 1.807) is 7.11 Å². The molecular weight excluding hydrogens is 220 g/mol. The van der Waals surface area contributed by atoms with E-state index in [-0.39, 0.29) is 0 Å². The molecule has 0 bridgehead atoms. The Labute approximate surface area is 112 Å². The summed E-state index contributed by atoms with van der Waals surface area (Å²) in [5.74, 6) is 1.61. The predicted molar refractivity (Wildman–Crippen MR) is 79.4 cm³/mol. The van der Waals surface area contributed by atoms with E-state index < -0.39 is 0 Å². The van der Waals surface area contributed by atoms with E-state index in [9.17, 15) is 0 Å². The van der Waals surface area contributed by atoms with Crippen LogP contribution in [-0.4, -0.2) is 7.11 Å². The maximum atomic E-state index is 5.51. The summed E-state index contributed by atoms with van der Waals surface area (Å²) in [6.07, 6.45) is 9.22. The van der Waals surface area contributed by atoms with Gasteiger partial charge in [0.05, 0.1) is 7.11 Å². The lowest BCUT2D eigenvalue weighted by atomic mass is 9.89. The predicted octanol–water partition coefficient (Wildman–Crippen LogP) is 5.24. The largest absolute Gasteiger partial charge is 0.496 e. The maximum absolute atomic E-state index is 5.51. The molecule has 0 aliphatic rings. The summed E-state index contributed by atoms with van der Waals surface area (Å²) >= 11 is 0. The van der Waals surface area contributed by atoms with Crippen LogP contribution in [0.15, 0.2) is 30.4 Å². The van der Waals surface area contributed by atoms with Crippen molar-refractivity contribution in [3.05, 3.63) is 41.5 Å². The van der Waals surface area contributed by atoms with Crippen LogP contribution in [0.5, 0.6) is 5.75 Å². The summed E-state index contributed by atoms with van der Waals surface area (Å²) in [7, 11) is 1.76. The Balaban J connectivity index is 2.95. The summed E-state index contributed by atoms with van der Waals surface area (Å²) in [6.45, 7) is 6.57. The second-order valence-corrected chi connectivity index (χ2v) is 4.85. The molecule has 1 aromatic carbocycles. The van der Waals surface area contributed by atoms with Crippen LogP contribution >= 0.6 is 0 Å². The summed E-state index contributed by atoms with van der Waals surface area (Å²) in [4.78, 5) is 0. The van der Waals surface area contributed by atoms with Gasteiger partial charge in [0.2, 0.25) is 0 Å². The normalized spacial score (nSPS) is 12.9. The first-order valence-electron chi connectivity index (χ1n) is 7.02. The van der Waals surface area contributed by atoms with Gasteiger partial charge in [-0.15, -0.1) is 0 Å². The van der Waals surface area contributed by atoms with Crippen molar-refractivity contribution in [3.8, 4) is 5.75 Å². The summed E-state index contributed by atoms with van der Waals surface area (Å²) in [5.41, 5.74) is 2.67. The van der Waals surface area contributed by atoms with E-state index in [2.05, 4.69) is 51.1 Å². The molecule has 0 saturated carbocycles. The van der Waals surface area contributed by atoms with E-state index in [1.807, 2.05) is 0 Å². The number of allylic oxidation sites excluding steroid dienone is 2. The molecule has 1 unspecified atom stereocenters. The van der Waals surface area contributed by atoms with Crippen molar-refractivity contribution in [2.45, 2.75) is 52.4 Å². The summed E-state index contributed by atoms with van der Waals surface area (Å²) < 4.78 is 5.51. The number of ether oxygens (including phenoxy) is 1. The Morgan fingerprint density at radius 3 is 2.61 bits per heavy atom. The zero-order valence-corrected chi connectivity index (χ0v) is 12.2. The van der Waals surface area contributed by atoms with Gasteiger partial charge in [-0.05, 0) is 43.7 Å². The van der Waals surface area contributed by atoms with Crippen LogP contribution in [0.3, 0.4) is 0 Å². The van der Waals surface area contributed by atoms with Gasteiger partial charge in [-0.1, -0.05) is 50.1 Å². The molecule has 0 amide bonds. The average Bonchev–Trinajstić information content (AvgIpc) is 2.38.